The van der Waals surface area contributed by atoms with Crippen LogP contribution in [0.1, 0.15) is 30.7 Å². The molecule has 120 valence electrons. The Morgan fingerprint density at radius 2 is 1.91 bits per heavy atom. The van der Waals surface area contributed by atoms with Gasteiger partial charge >= 0.3 is 0 Å². The summed E-state index contributed by atoms with van der Waals surface area (Å²) < 4.78 is 0. The van der Waals surface area contributed by atoms with Crippen LogP contribution in [-0.2, 0) is 0 Å². The number of nitrogens with zero attached hydrogens (tertiary/aromatic N) is 2. The van der Waals surface area contributed by atoms with Crippen molar-refractivity contribution in [3.05, 3.63) is 48.0 Å². The third-order valence-electron chi connectivity index (χ3n) is 6.45. The summed E-state index contributed by atoms with van der Waals surface area (Å²) in [6.07, 6.45) is 8.63. The molecular weight excluding hydrogens is 282 g/mol. The van der Waals surface area contributed by atoms with Gasteiger partial charge in [-0.3, -0.25) is 4.99 Å². The largest absolute Gasteiger partial charge is 0.358 e. The molecule has 2 aliphatic heterocycles. The highest BCUT2D eigenvalue weighted by Gasteiger charge is 2.58. The van der Waals surface area contributed by atoms with Gasteiger partial charge < -0.3 is 10.2 Å². The van der Waals surface area contributed by atoms with E-state index in [1.807, 2.05) is 0 Å². The van der Waals surface area contributed by atoms with Crippen molar-refractivity contribution in [3.8, 4) is 0 Å². The molecular formula is C20H25N3. The zero-order chi connectivity index (χ0) is 15.3. The molecule has 1 N–H and O–H groups in total. The van der Waals surface area contributed by atoms with Crippen LogP contribution in [0.5, 0.6) is 0 Å². The Bertz CT molecular complexity index is 644. The van der Waals surface area contributed by atoms with Crippen molar-refractivity contribution in [2.24, 2.45) is 16.8 Å². The Kier molecular flexibility index (Phi) is 3.12. The molecule has 1 aromatic carbocycles. The zero-order valence-electron chi connectivity index (χ0n) is 13.6. The monoisotopic (exact) mass is 307 g/mol. The minimum absolute atomic E-state index is 0.140. The van der Waals surface area contributed by atoms with Gasteiger partial charge in [0, 0.05) is 44.4 Å². The molecule has 0 amide bonds. The van der Waals surface area contributed by atoms with Crippen LogP contribution < -0.4 is 5.32 Å². The van der Waals surface area contributed by atoms with Crippen LogP contribution >= 0.6 is 0 Å². The molecule has 1 saturated carbocycles. The topological polar surface area (TPSA) is 27.6 Å². The molecule has 4 unspecified atom stereocenters. The third-order valence-corrected chi connectivity index (χ3v) is 6.45. The van der Waals surface area contributed by atoms with Gasteiger partial charge in [0.1, 0.15) is 0 Å². The van der Waals surface area contributed by atoms with Gasteiger partial charge in [-0.2, -0.15) is 0 Å². The van der Waals surface area contributed by atoms with E-state index in [1.165, 1.54) is 30.7 Å². The van der Waals surface area contributed by atoms with Crippen molar-refractivity contribution in [2.45, 2.75) is 30.7 Å². The molecule has 1 saturated heterocycles. The molecule has 4 atom stereocenters. The first-order valence-corrected chi connectivity index (χ1v) is 9.14. The highest BCUT2D eigenvalue weighted by Crippen LogP contribution is 2.60. The Labute approximate surface area is 138 Å². The number of allylic oxidation sites excluding steroid dienone is 1. The molecule has 3 heteroatoms. The number of rotatable bonds is 1. The van der Waals surface area contributed by atoms with Gasteiger partial charge in [-0.1, -0.05) is 42.5 Å². The second-order valence-electron chi connectivity index (χ2n) is 7.54. The van der Waals surface area contributed by atoms with E-state index in [0.717, 1.165) is 26.2 Å². The van der Waals surface area contributed by atoms with E-state index in [-0.39, 0.29) is 5.54 Å². The van der Waals surface area contributed by atoms with Crippen LogP contribution in [0.15, 0.2) is 47.5 Å². The average Bonchev–Trinajstić information content (AvgIpc) is 3.32. The lowest BCUT2D eigenvalue weighted by molar-refractivity contribution is 0.317. The minimum Gasteiger partial charge on any atom is -0.358 e. The van der Waals surface area contributed by atoms with Gasteiger partial charge in [-0.25, -0.2) is 0 Å². The summed E-state index contributed by atoms with van der Waals surface area (Å²) in [7, 11) is 0. The second kappa shape index (κ2) is 5.20. The van der Waals surface area contributed by atoms with E-state index in [2.05, 4.69) is 52.7 Å². The van der Waals surface area contributed by atoms with Crippen LogP contribution in [0, 0.1) is 11.8 Å². The van der Waals surface area contributed by atoms with Gasteiger partial charge in [0.25, 0.3) is 0 Å². The van der Waals surface area contributed by atoms with E-state index in [1.54, 1.807) is 0 Å². The fourth-order valence-corrected chi connectivity index (χ4v) is 5.45. The number of piperazine rings is 1. The molecule has 2 aliphatic carbocycles. The Morgan fingerprint density at radius 3 is 2.74 bits per heavy atom. The second-order valence-corrected chi connectivity index (χ2v) is 7.54. The van der Waals surface area contributed by atoms with Crippen LogP contribution in [-0.4, -0.2) is 42.5 Å². The number of hydrogen-bond donors (Lipinski definition) is 1. The van der Waals surface area contributed by atoms with Gasteiger partial charge in [0.2, 0.25) is 0 Å². The lowest BCUT2D eigenvalue weighted by atomic mass is 9.71. The first kappa shape index (κ1) is 13.8. The molecule has 2 heterocycles. The smallest absolute Gasteiger partial charge is 0.0998 e. The predicted octanol–water partition coefficient (Wildman–Crippen LogP) is 2.81. The van der Waals surface area contributed by atoms with Crippen molar-refractivity contribution >= 4 is 5.84 Å². The molecule has 5 rings (SSSR count). The van der Waals surface area contributed by atoms with Crippen molar-refractivity contribution < 1.29 is 0 Å². The SMILES string of the molecule is C1=CC2CC1C(c1ccccc1)C21CCC(N2CCNCC2)=N1. The number of amidine groups is 1. The van der Waals surface area contributed by atoms with Crippen molar-refractivity contribution in [1.29, 1.82) is 0 Å². The summed E-state index contributed by atoms with van der Waals surface area (Å²) in [5.74, 6) is 3.30. The molecule has 23 heavy (non-hydrogen) atoms. The maximum Gasteiger partial charge on any atom is 0.0998 e. The summed E-state index contributed by atoms with van der Waals surface area (Å²) >= 11 is 0. The number of fused-ring (bicyclic) bond motifs is 3. The Balaban J connectivity index is 1.52. The molecule has 0 aromatic heterocycles. The standard InChI is InChI=1S/C20H25N3/c1-2-4-15(5-3-1)19-16-6-7-17(14-16)20(19)9-8-18(22-20)23-12-10-21-11-13-23/h1-7,16-17,19,21H,8-14H2. The molecule has 3 nitrogen and oxygen atoms in total. The van der Waals surface area contributed by atoms with Gasteiger partial charge in [-0.05, 0) is 24.3 Å². The maximum absolute atomic E-state index is 5.45. The number of nitrogens with one attached hydrogen (secondary N) is 1. The van der Waals surface area contributed by atoms with Gasteiger partial charge in [0.05, 0.1) is 11.4 Å². The van der Waals surface area contributed by atoms with Crippen LogP contribution in [0.2, 0.25) is 0 Å². The summed E-state index contributed by atoms with van der Waals surface area (Å²) in [6, 6.07) is 11.1. The quantitative estimate of drug-likeness (QED) is 0.808. The summed E-state index contributed by atoms with van der Waals surface area (Å²) in [4.78, 5) is 7.98. The van der Waals surface area contributed by atoms with Crippen LogP contribution in [0.25, 0.3) is 0 Å². The Hall–Kier alpha value is -1.61. The summed E-state index contributed by atoms with van der Waals surface area (Å²) in [6.45, 7) is 4.43. The van der Waals surface area contributed by atoms with E-state index >= 15 is 0 Å². The molecule has 4 aliphatic rings. The van der Waals surface area contributed by atoms with E-state index in [4.69, 9.17) is 4.99 Å². The first-order valence-electron chi connectivity index (χ1n) is 9.14. The van der Waals surface area contributed by atoms with Gasteiger partial charge in [0.15, 0.2) is 0 Å². The number of benzene rings is 1. The zero-order valence-corrected chi connectivity index (χ0v) is 13.6. The number of aliphatic imine (C=N–C) groups is 1. The molecule has 2 bridgehead atoms. The fourth-order valence-electron chi connectivity index (χ4n) is 5.45. The van der Waals surface area contributed by atoms with Crippen molar-refractivity contribution in [3.63, 3.8) is 0 Å². The van der Waals surface area contributed by atoms with Gasteiger partial charge in [-0.15, -0.1) is 0 Å². The molecule has 0 radical (unpaired) electrons. The highest BCUT2D eigenvalue weighted by molar-refractivity contribution is 5.85. The number of hydrogen-bond acceptors (Lipinski definition) is 3. The maximum atomic E-state index is 5.45. The van der Waals surface area contributed by atoms with E-state index in [9.17, 15) is 0 Å². The average molecular weight is 307 g/mol. The lowest BCUT2D eigenvalue weighted by Crippen LogP contribution is -2.46. The predicted molar refractivity (Wildman–Crippen MR) is 93.8 cm³/mol. The molecule has 1 spiro atoms. The lowest BCUT2D eigenvalue weighted by Gasteiger charge is -2.37. The minimum atomic E-state index is 0.140. The normalized spacial score (nSPS) is 38.5. The van der Waals surface area contributed by atoms with E-state index < -0.39 is 0 Å². The van der Waals surface area contributed by atoms with Crippen LogP contribution in [0.4, 0.5) is 0 Å². The molecule has 1 aromatic rings. The Morgan fingerprint density at radius 1 is 1.09 bits per heavy atom. The highest BCUT2D eigenvalue weighted by atomic mass is 15.3. The fraction of sp³-hybridized carbons (Fsp3) is 0.550. The summed E-state index contributed by atoms with van der Waals surface area (Å²) in [5, 5.41) is 3.45. The van der Waals surface area contributed by atoms with Crippen LogP contribution in [0.3, 0.4) is 0 Å². The van der Waals surface area contributed by atoms with E-state index in [0.29, 0.717) is 17.8 Å². The summed E-state index contributed by atoms with van der Waals surface area (Å²) in [5.41, 5.74) is 1.63. The third kappa shape index (κ3) is 2.02. The van der Waals surface area contributed by atoms with Crippen molar-refractivity contribution in [1.82, 2.24) is 10.2 Å². The molecule has 2 fully saturated rings. The first-order chi connectivity index (χ1) is 11.4. The van der Waals surface area contributed by atoms with Crippen molar-refractivity contribution in [2.75, 3.05) is 26.2 Å².